The number of nitrogens with zero attached hydrogens (tertiary/aromatic N) is 2. The van der Waals surface area contributed by atoms with Gasteiger partial charge in [0, 0.05) is 30.5 Å². The first-order valence-corrected chi connectivity index (χ1v) is 6.94. The number of nitrogens with one attached hydrogen (secondary N) is 2. The Morgan fingerprint density at radius 3 is 2.68 bits per heavy atom. The van der Waals surface area contributed by atoms with Crippen LogP contribution in [0.1, 0.15) is 36.5 Å². The van der Waals surface area contributed by atoms with E-state index in [1.807, 2.05) is 0 Å². The van der Waals surface area contributed by atoms with Crippen LogP contribution in [0.4, 0.5) is 0 Å². The first kappa shape index (κ1) is 14.0. The molecule has 1 aromatic rings. The molecule has 1 saturated heterocycles. The van der Waals surface area contributed by atoms with Crippen molar-refractivity contribution in [3.63, 3.8) is 0 Å². The normalized spacial score (nSPS) is 17.9. The van der Waals surface area contributed by atoms with E-state index in [-0.39, 0.29) is 11.9 Å². The Balaban J connectivity index is 1.71. The van der Waals surface area contributed by atoms with E-state index < -0.39 is 0 Å². The zero-order valence-electron chi connectivity index (χ0n) is 11.4. The van der Waals surface area contributed by atoms with E-state index in [0.29, 0.717) is 5.56 Å². The molecule has 0 radical (unpaired) electrons. The van der Waals surface area contributed by atoms with Crippen LogP contribution in [-0.2, 0) is 0 Å². The van der Waals surface area contributed by atoms with E-state index in [0.717, 1.165) is 6.54 Å². The first-order valence-electron chi connectivity index (χ1n) is 6.94. The largest absolute Gasteiger partial charge is 0.302 e. The molecule has 2 N–H and O–H groups in total. The number of carbonyl (C=O) groups is 1. The van der Waals surface area contributed by atoms with Crippen LogP contribution < -0.4 is 10.9 Å². The van der Waals surface area contributed by atoms with E-state index in [1.54, 1.807) is 24.5 Å². The summed E-state index contributed by atoms with van der Waals surface area (Å²) in [5, 5.41) is 0. The monoisotopic (exact) mass is 262 g/mol. The van der Waals surface area contributed by atoms with Gasteiger partial charge >= 0.3 is 0 Å². The summed E-state index contributed by atoms with van der Waals surface area (Å²) in [6, 6.07) is 3.64. The summed E-state index contributed by atoms with van der Waals surface area (Å²) in [6.07, 6.45) is 7.15. The van der Waals surface area contributed by atoms with Crippen LogP contribution in [0.15, 0.2) is 24.5 Å². The molecule has 1 atom stereocenters. The standard InChI is InChI=1S/C14H22N4O/c1-12(11-18-9-3-2-4-10-18)16-17-14(19)13-5-7-15-8-6-13/h5-8,12,16H,2-4,9-11H2,1H3,(H,17,19)/t12-/m1/s1. The van der Waals surface area contributed by atoms with Crippen molar-refractivity contribution in [3.8, 4) is 0 Å². The van der Waals surface area contributed by atoms with Crippen LogP contribution in [0, 0.1) is 0 Å². The fourth-order valence-corrected chi connectivity index (χ4v) is 2.34. The van der Waals surface area contributed by atoms with Gasteiger partial charge in [0.2, 0.25) is 0 Å². The SMILES string of the molecule is C[C@H](CN1CCCCC1)NNC(=O)c1ccncc1. The Bertz CT molecular complexity index is 390. The van der Waals surface area contributed by atoms with Crippen LogP contribution in [0.5, 0.6) is 0 Å². The van der Waals surface area contributed by atoms with Crippen molar-refractivity contribution in [2.24, 2.45) is 0 Å². The number of amides is 1. The molecule has 0 aromatic carbocycles. The predicted molar refractivity (Wildman–Crippen MR) is 74.6 cm³/mol. The molecule has 2 rings (SSSR count). The number of aromatic nitrogens is 1. The average molecular weight is 262 g/mol. The molecule has 0 spiro atoms. The van der Waals surface area contributed by atoms with Crippen molar-refractivity contribution < 1.29 is 4.79 Å². The fourth-order valence-electron chi connectivity index (χ4n) is 2.34. The van der Waals surface area contributed by atoms with Gasteiger partial charge in [-0.3, -0.25) is 15.2 Å². The third-order valence-electron chi connectivity index (χ3n) is 3.36. The van der Waals surface area contributed by atoms with Gasteiger partial charge in [0.15, 0.2) is 0 Å². The van der Waals surface area contributed by atoms with Gasteiger partial charge in [-0.05, 0) is 45.0 Å². The molecule has 0 aliphatic carbocycles. The maximum absolute atomic E-state index is 11.8. The zero-order valence-corrected chi connectivity index (χ0v) is 11.4. The van der Waals surface area contributed by atoms with Gasteiger partial charge in [0.25, 0.3) is 5.91 Å². The summed E-state index contributed by atoms with van der Waals surface area (Å²) >= 11 is 0. The molecule has 0 saturated carbocycles. The summed E-state index contributed by atoms with van der Waals surface area (Å²) in [7, 11) is 0. The Hall–Kier alpha value is -1.46. The third-order valence-corrected chi connectivity index (χ3v) is 3.36. The smallest absolute Gasteiger partial charge is 0.265 e. The summed E-state index contributed by atoms with van der Waals surface area (Å²) in [4.78, 5) is 18.2. The van der Waals surface area contributed by atoms with Gasteiger partial charge in [0.1, 0.15) is 0 Å². The lowest BCUT2D eigenvalue weighted by Crippen LogP contribution is -2.48. The Kier molecular flexibility index (Phi) is 5.30. The Morgan fingerprint density at radius 1 is 1.32 bits per heavy atom. The number of rotatable bonds is 5. The second kappa shape index (κ2) is 7.21. The Labute approximate surface area is 114 Å². The maximum Gasteiger partial charge on any atom is 0.265 e. The number of piperidine rings is 1. The molecule has 0 unspecified atom stereocenters. The van der Waals surface area contributed by atoms with Crippen molar-refractivity contribution in [1.29, 1.82) is 0 Å². The average Bonchev–Trinajstić information content (AvgIpc) is 2.47. The third kappa shape index (κ3) is 4.61. The van der Waals surface area contributed by atoms with E-state index in [1.165, 1.54) is 32.4 Å². The van der Waals surface area contributed by atoms with Crippen LogP contribution in [0.2, 0.25) is 0 Å². The van der Waals surface area contributed by atoms with Crippen molar-refractivity contribution in [2.75, 3.05) is 19.6 Å². The first-order chi connectivity index (χ1) is 9.25. The summed E-state index contributed by atoms with van der Waals surface area (Å²) in [6.45, 7) is 5.40. The minimum absolute atomic E-state index is 0.118. The van der Waals surface area contributed by atoms with Gasteiger partial charge in [-0.1, -0.05) is 6.42 Å². The van der Waals surface area contributed by atoms with E-state index in [2.05, 4.69) is 27.7 Å². The van der Waals surface area contributed by atoms with Crippen LogP contribution in [0.25, 0.3) is 0 Å². The Morgan fingerprint density at radius 2 is 2.00 bits per heavy atom. The van der Waals surface area contributed by atoms with Gasteiger partial charge in [-0.15, -0.1) is 0 Å². The highest BCUT2D eigenvalue weighted by atomic mass is 16.2. The lowest BCUT2D eigenvalue weighted by molar-refractivity contribution is 0.0918. The number of hydrogen-bond acceptors (Lipinski definition) is 4. The molecule has 19 heavy (non-hydrogen) atoms. The van der Waals surface area contributed by atoms with Crippen LogP contribution >= 0.6 is 0 Å². The number of hydrogen-bond donors (Lipinski definition) is 2. The highest BCUT2D eigenvalue weighted by Crippen LogP contribution is 2.08. The number of pyridine rings is 1. The summed E-state index contributed by atoms with van der Waals surface area (Å²) < 4.78 is 0. The number of hydrazine groups is 1. The van der Waals surface area contributed by atoms with Gasteiger partial charge < -0.3 is 4.90 Å². The lowest BCUT2D eigenvalue weighted by Gasteiger charge is -2.29. The minimum atomic E-state index is -0.118. The summed E-state index contributed by atoms with van der Waals surface area (Å²) in [5.74, 6) is -0.118. The molecule has 1 fully saturated rings. The van der Waals surface area contributed by atoms with Crippen molar-refractivity contribution in [2.45, 2.75) is 32.2 Å². The molecule has 5 heteroatoms. The van der Waals surface area contributed by atoms with Crippen LogP contribution in [0.3, 0.4) is 0 Å². The molecule has 104 valence electrons. The molecule has 1 aliphatic heterocycles. The quantitative estimate of drug-likeness (QED) is 0.783. The van der Waals surface area contributed by atoms with E-state index >= 15 is 0 Å². The van der Waals surface area contributed by atoms with E-state index in [9.17, 15) is 4.79 Å². The highest BCUT2D eigenvalue weighted by molar-refractivity contribution is 5.93. The van der Waals surface area contributed by atoms with Crippen LogP contribution in [-0.4, -0.2) is 41.5 Å². The van der Waals surface area contributed by atoms with Crippen molar-refractivity contribution in [1.82, 2.24) is 20.7 Å². The molecular formula is C14H22N4O. The molecule has 1 aliphatic rings. The second-order valence-corrected chi connectivity index (χ2v) is 5.10. The van der Waals surface area contributed by atoms with Gasteiger partial charge in [-0.25, -0.2) is 5.43 Å². The molecular weight excluding hydrogens is 240 g/mol. The van der Waals surface area contributed by atoms with Crippen molar-refractivity contribution in [3.05, 3.63) is 30.1 Å². The second-order valence-electron chi connectivity index (χ2n) is 5.10. The topological polar surface area (TPSA) is 57.3 Å². The van der Waals surface area contributed by atoms with Gasteiger partial charge in [0.05, 0.1) is 0 Å². The fraction of sp³-hybridized carbons (Fsp3) is 0.571. The summed E-state index contributed by atoms with van der Waals surface area (Å²) in [5.41, 5.74) is 6.43. The molecule has 0 bridgehead atoms. The number of likely N-dealkylation sites (tertiary alicyclic amines) is 1. The molecule has 5 nitrogen and oxygen atoms in total. The maximum atomic E-state index is 11.8. The molecule has 1 amide bonds. The lowest BCUT2D eigenvalue weighted by atomic mass is 10.1. The predicted octanol–water partition coefficient (Wildman–Crippen LogP) is 1.19. The minimum Gasteiger partial charge on any atom is -0.302 e. The highest BCUT2D eigenvalue weighted by Gasteiger charge is 2.13. The number of carbonyl (C=O) groups excluding carboxylic acids is 1. The zero-order chi connectivity index (χ0) is 13.5. The van der Waals surface area contributed by atoms with Gasteiger partial charge in [-0.2, -0.15) is 0 Å². The van der Waals surface area contributed by atoms with Crippen molar-refractivity contribution >= 4 is 5.91 Å². The molecule has 2 heterocycles. The van der Waals surface area contributed by atoms with E-state index in [4.69, 9.17) is 0 Å². The molecule has 1 aromatic heterocycles.